The summed E-state index contributed by atoms with van der Waals surface area (Å²) >= 11 is 0. The third kappa shape index (κ3) is 4.03. The third-order valence-electron chi connectivity index (χ3n) is 2.64. The molecule has 0 amide bonds. The molecular formula is C16H20O. The lowest BCUT2D eigenvalue weighted by molar-refractivity contribution is -0.104. The SMILES string of the molecule is C=CCc1c(/C=C/C=O)cccc1CC(C)C. The number of carbonyl (C=O) groups excluding carboxylic acids is 1. The first-order valence-corrected chi connectivity index (χ1v) is 6.02. The Balaban J connectivity index is 3.15. The van der Waals surface area contributed by atoms with E-state index < -0.39 is 0 Å². The molecule has 0 radical (unpaired) electrons. The maximum atomic E-state index is 10.4. The first-order valence-electron chi connectivity index (χ1n) is 6.02. The van der Waals surface area contributed by atoms with E-state index in [-0.39, 0.29) is 0 Å². The topological polar surface area (TPSA) is 17.1 Å². The molecule has 0 saturated heterocycles. The van der Waals surface area contributed by atoms with E-state index >= 15 is 0 Å². The van der Waals surface area contributed by atoms with Crippen LogP contribution < -0.4 is 0 Å². The molecule has 0 unspecified atom stereocenters. The van der Waals surface area contributed by atoms with Crippen molar-refractivity contribution in [2.75, 3.05) is 0 Å². The molecule has 0 aliphatic heterocycles. The highest BCUT2D eigenvalue weighted by Gasteiger charge is 2.06. The van der Waals surface area contributed by atoms with Gasteiger partial charge in [0.25, 0.3) is 0 Å². The van der Waals surface area contributed by atoms with E-state index in [4.69, 9.17) is 0 Å². The first kappa shape index (κ1) is 13.4. The molecule has 0 atom stereocenters. The molecule has 1 rings (SSSR count). The van der Waals surface area contributed by atoms with E-state index in [9.17, 15) is 4.79 Å². The molecule has 0 aliphatic rings. The Morgan fingerprint density at radius 2 is 2.12 bits per heavy atom. The number of hydrogen-bond donors (Lipinski definition) is 0. The van der Waals surface area contributed by atoms with E-state index in [0.29, 0.717) is 5.92 Å². The predicted octanol–water partition coefficient (Wildman–Crippen LogP) is 3.83. The summed E-state index contributed by atoms with van der Waals surface area (Å²) in [5.41, 5.74) is 3.76. The molecule has 17 heavy (non-hydrogen) atoms. The Bertz CT molecular complexity index is 414. The predicted molar refractivity (Wildman–Crippen MR) is 74.0 cm³/mol. The number of aldehydes is 1. The van der Waals surface area contributed by atoms with Crippen molar-refractivity contribution in [1.82, 2.24) is 0 Å². The van der Waals surface area contributed by atoms with Crippen LogP contribution in [0, 0.1) is 5.92 Å². The van der Waals surface area contributed by atoms with E-state index in [1.54, 1.807) is 6.08 Å². The number of allylic oxidation sites excluding steroid dienone is 2. The molecule has 1 aromatic carbocycles. The van der Waals surface area contributed by atoms with Crippen molar-refractivity contribution in [3.63, 3.8) is 0 Å². The second-order valence-corrected chi connectivity index (χ2v) is 4.57. The molecule has 0 N–H and O–H groups in total. The molecule has 0 saturated carbocycles. The van der Waals surface area contributed by atoms with Gasteiger partial charge in [-0.1, -0.05) is 44.2 Å². The summed E-state index contributed by atoms with van der Waals surface area (Å²) in [7, 11) is 0. The zero-order valence-corrected chi connectivity index (χ0v) is 10.6. The van der Waals surface area contributed by atoms with Gasteiger partial charge in [0.1, 0.15) is 6.29 Å². The average Bonchev–Trinajstić information content (AvgIpc) is 2.29. The van der Waals surface area contributed by atoms with Crippen LogP contribution in [-0.4, -0.2) is 6.29 Å². The summed E-state index contributed by atoms with van der Waals surface area (Å²) in [6.07, 6.45) is 8.05. The lowest BCUT2D eigenvalue weighted by atomic mass is 9.92. The molecule has 1 nitrogen and oxygen atoms in total. The Morgan fingerprint density at radius 3 is 2.71 bits per heavy atom. The highest BCUT2D eigenvalue weighted by atomic mass is 16.1. The minimum atomic E-state index is 0.629. The molecular weight excluding hydrogens is 208 g/mol. The minimum Gasteiger partial charge on any atom is -0.299 e. The van der Waals surface area contributed by atoms with Crippen LogP contribution in [0.5, 0.6) is 0 Å². The fourth-order valence-electron chi connectivity index (χ4n) is 1.98. The smallest absolute Gasteiger partial charge is 0.142 e. The average molecular weight is 228 g/mol. The van der Waals surface area contributed by atoms with Gasteiger partial charge in [-0.2, -0.15) is 0 Å². The Kier molecular flexibility index (Phi) is 5.41. The van der Waals surface area contributed by atoms with Crippen LogP contribution in [0.15, 0.2) is 36.9 Å². The summed E-state index contributed by atoms with van der Waals surface area (Å²) in [5.74, 6) is 0.629. The minimum absolute atomic E-state index is 0.629. The molecule has 0 fully saturated rings. The summed E-state index contributed by atoms with van der Waals surface area (Å²) in [4.78, 5) is 10.4. The van der Waals surface area contributed by atoms with Gasteiger partial charge in [0.2, 0.25) is 0 Å². The molecule has 0 aromatic heterocycles. The molecule has 1 aromatic rings. The fraction of sp³-hybridized carbons (Fsp3) is 0.312. The lowest BCUT2D eigenvalue weighted by Gasteiger charge is -2.13. The highest BCUT2D eigenvalue weighted by molar-refractivity contribution is 5.75. The molecule has 0 spiro atoms. The van der Waals surface area contributed by atoms with E-state index in [1.807, 2.05) is 18.2 Å². The monoisotopic (exact) mass is 228 g/mol. The summed E-state index contributed by atoms with van der Waals surface area (Å²) in [6.45, 7) is 8.23. The molecule has 0 bridgehead atoms. The van der Waals surface area contributed by atoms with Crippen molar-refractivity contribution in [3.05, 3.63) is 53.6 Å². The van der Waals surface area contributed by atoms with Gasteiger partial charge in [-0.05, 0) is 41.5 Å². The summed E-state index contributed by atoms with van der Waals surface area (Å²) < 4.78 is 0. The largest absolute Gasteiger partial charge is 0.299 e. The first-order chi connectivity index (χ1) is 8.19. The van der Waals surface area contributed by atoms with Crippen molar-refractivity contribution >= 4 is 12.4 Å². The van der Waals surface area contributed by atoms with Crippen LogP contribution in [0.3, 0.4) is 0 Å². The standard InChI is InChI=1S/C16H20O/c1-4-7-16-14(10-6-11-17)8-5-9-15(16)12-13(2)3/h4-6,8-11,13H,1,7,12H2,2-3H3/b10-6+. The van der Waals surface area contributed by atoms with Crippen LogP contribution in [0.1, 0.15) is 30.5 Å². The van der Waals surface area contributed by atoms with Crippen molar-refractivity contribution in [2.24, 2.45) is 5.92 Å². The lowest BCUT2D eigenvalue weighted by Crippen LogP contribution is -2.01. The Hall–Kier alpha value is -1.63. The van der Waals surface area contributed by atoms with Crippen LogP contribution >= 0.6 is 0 Å². The van der Waals surface area contributed by atoms with Gasteiger partial charge in [0.15, 0.2) is 0 Å². The normalized spacial score (nSPS) is 11.0. The van der Waals surface area contributed by atoms with Crippen LogP contribution in [0.2, 0.25) is 0 Å². The van der Waals surface area contributed by atoms with Crippen molar-refractivity contribution in [3.8, 4) is 0 Å². The molecule has 0 aliphatic carbocycles. The van der Waals surface area contributed by atoms with Crippen molar-refractivity contribution < 1.29 is 4.79 Å². The van der Waals surface area contributed by atoms with Gasteiger partial charge in [-0.25, -0.2) is 0 Å². The number of benzene rings is 1. The Morgan fingerprint density at radius 1 is 1.35 bits per heavy atom. The van der Waals surface area contributed by atoms with E-state index in [0.717, 1.165) is 24.7 Å². The zero-order valence-electron chi connectivity index (χ0n) is 10.6. The Labute approximate surface area is 104 Å². The van der Waals surface area contributed by atoms with E-state index in [1.165, 1.54) is 11.1 Å². The number of rotatable bonds is 6. The van der Waals surface area contributed by atoms with E-state index in [2.05, 4.69) is 32.6 Å². The van der Waals surface area contributed by atoms with Crippen molar-refractivity contribution in [2.45, 2.75) is 26.7 Å². The van der Waals surface area contributed by atoms with Gasteiger partial charge in [0, 0.05) is 0 Å². The second kappa shape index (κ2) is 6.85. The maximum absolute atomic E-state index is 10.4. The van der Waals surface area contributed by atoms with Gasteiger partial charge < -0.3 is 0 Å². The molecule has 1 heteroatoms. The molecule has 90 valence electrons. The van der Waals surface area contributed by atoms with Gasteiger partial charge >= 0.3 is 0 Å². The van der Waals surface area contributed by atoms with Gasteiger partial charge in [0.05, 0.1) is 0 Å². The number of hydrogen-bond acceptors (Lipinski definition) is 1. The maximum Gasteiger partial charge on any atom is 0.142 e. The third-order valence-corrected chi connectivity index (χ3v) is 2.64. The van der Waals surface area contributed by atoms with Gasteiger partial charge in [-0.15, -0.1) is 6.58 Å². The van der Waals surface area contributed by atoms with Crippen LogP contribution in [0.4, 0.5) is 0 Å². The van der Waals surface area contributed by atoms with Crippen LogP contribution in [-0.2, 0) is 17.6 Å². The summed E-state index contributed by atoms with van der Waals surface area (Å²) in [5, 5.41) is 0. The molecule has 0 heterocycles. The second-order valence-electron chi connectivity index (χ2n) is 4.57. The zero-order chi connectivity index (χ0) is 12.7. The fourth-order valence-corrected chi connectivity index (χ4v) is 1.98. The quantitative estimate of drug-likeness (QED) is 0.411. The highest BCUT2D eigenvalue weighted by Crippen LogP contribution is 2.20. The number of carbonyl (C=O) groups is 1. The van der Waals surface area contributed by atoms with Crippen LogP contribution in [0.25, 0.3) is 6.08 Å². The van der Waals surface area contributed by atoms with Gasteiger partial charge in [-0.3, -0.25) is 4.79 Å². The van der Waals surface area contributed by atoms with Crippen molar-refractivity contribution in [1.29, 1.82) is 0 Å². The summed E-state index contributed by atoms with van der Waals surface area (Å²) in [6, 6.07) is 6.26.